The number of halogens is 1. The second kappa shape index (κ2) is 8.06. The zero-order valence-corrected chi connectivity index (χ0v) is 14.2. The van der Waals surface area contributed by atoms with Crippen molar-refractivity contribution in [3.8, 4) is 0 Å². The molecule has 0 atom stereocenters. The summed E-state index contributed by atoms with van der Waals surface area (Å²) in [6.07, 6.45) is 1.62. The first-order chi connectivity index (χ1) is 12.6. The van der Waals surface area contributed by atoms with E-state index in [9.17, 15) is 9.18 Å². The molecule has 6 nitrogen and oxygen atoms in total. The Morgan fingerprint density at radius 1 is 1.04 bits per heavy atom. The van der Waals surface area contributed by atoms with E-state index in [4.69, 9.17) is 0 Å². The molecule has 0 bridgehead atoms. The van der Waals surface area contributed by atoms with Crippen molar-refractivity contribution in [3.05, 3.63) is 72.2 Å². The third-order valence-electron chi connectivity index (χ3n) is 3.53. The number of benzene rings is 2. The molecule has 3 N–H and O–H groups in total. The molecule has 0 saturated carbocycles. The minimum atomic E-state index is -0.258. The summed E-state index contributed by atoms with van der Waals surface area (Å²) in [5, 5.41) is 8.87. The number of anilines is 4. The molecule has 0 spiro atoms. The third-order valence-corrected chi connectivity index (χ3v) is 3.53. The van der Waals surface area contributed by atoms with Crippen molar-refractivity contribution in [2.45, 2.75) is 13.5 Å². The fourth-order valence-corrected chi connectivity index (χ4v) is 2.31. The van der Waals surface area contributed by atoms with Gasteiger partial charge in [0.05, 0.1) is 0 Å². The Balaban J connectivity index is 1.63. The number of aromatic nitrogens is 2. The Hall–Kier alpha value is -3.48. The molecule has 3 rings (SSSR count). The van der Waals surface area contributed by atoms with Gasteiger partial charge in [-0.15, -0.1) is 0 Å². The number of carbonyl (C=O) groups excluding carboxylic acids is 1. The van der Waals surface area contributed by atoms with Crippen LogP contribution in [-0.2, 0) is 11.3 Å². The quantitative estimate of drug-likeness (QED) is 0.627. The summed E-state index contributed by atoms with van der Waals surface area (Å²) in [5.41, 5.74) is 2.06. The van der Waals surface area contributed by atoms with Gasteiger partial charge in [-0.1, -0.05) is 18.2 Å². The summed E-state index contributed by atoms with van der Waals surface area (Å²) in [7, 11) is 0. The van der Waals surface area contributed by atoms with Crippen LogP contribution in [0, 0.1) is 5.82 Å². The fourth-order valence-electron chi connectivity index (χ4n) is 2.31. The summed E-state index contributed by atoms with van der Waals surface area (Å²) >= 11 is 0. The van der Waals surface area contributed by atoms with E-state index in [1.54, 1.807) is 42.6 Å². The summed E-state index contributed by atoms with van der Waals surface area (Å²) < 4.78 is 13.7. The molecule has 3 aromatic rings. The van der Waals surface area contributed by atoms with E-state index in [2.05, 4.69) is 25.9 Å². The lowest BCUT2D eigenvalue weighted by Crippen LogP contribution is -2.06. The van der Waals surface area contributed by atoms with E-state index in [-0.39, 0.29) is 11.7 Å². The molecule has 0 aliphatic rings. The largest absolute Gasteiger partial charge is 0.366 e. The third kappa shape index (κ3) is 4.76. The van der Waals surface area contributed by atoms with Gasteiger partial charge in [-0.25, -0.2) is 9.37 Å². The molecule has 0 radical (unpaired) electrons. The van der Waals surface area contributed by atoms with Crippen molar-refractivity contribution in [1.29, 1.82) is 0 Å². The number of nitrogens with one attached hydrogen (secondary N) is 3. The second-order valence-corrected chi connectivity index (χ2v) is 5.59. The van der Waals surface area contributed by atoms with Crippen LogP contribution in [0.4, 0.5) is 27.5 Å². The molecule has 0 fully saturated rings. The minimum Gasteiger partial charge on any atom is -0.366 e. The van der Waals surface area contributed by atoms with Crippen molar-refractivity contribution < 1.29 is 9.18 Å². The van der Waals surface area contributed by atoms with Gasteiger partial charge in [-0.3, -0.25) is 4.79 Å². The van der Waals surface area contributed by atoms with E-state index in [0.29, 0.717) is 29.6 Å². The van der Waals surface area contributed by atoms with Crippen LogP contribution in [0.15, 0.2) is 60.8 Å². The van der Waals surface area contributed by atoms with E-state index in [1.807, 2.05) is 12.1 Å². The molecule has 7 heteroatoms. The predicted molar refractivity (Wildman–Crippen MR) is 99.8 cm³/mol. The average molecular weight is 351 g/mol. The van der Waals surface area contributed by atoms with Gasteiger partial charge in [0.1, 0.15) is 11.6 Å². The highest BCUT2D eigenvalue weighted by Crippen LogP contribution is 2.18. The van der Waals surface area contributed by atoms with Crippen LogP contribution in [-0.4, -0.2) is 15.9 Å². The maximum atomic E-state index is 13.7. The first kappa shape index (κ1) is 17.3. The molecular formula is C19H18FN5O. The summed E-state index contributed by atoms with van der Waals surface area (Å²) in [6, 6.07) is 15.5. The van der Waals surface area contributed by atoms with E-state index in [1.165, 1.54) is 13.0 Å². The van der Waals surface area contributed by atoms with Crippen LogP contribution >= 0.6 is 0 Å². The van der Waals surface area contributed by atoms with Crippen LogP contribution in [0.3, 0.4) is 0 Å². The van der Waals surface area contributed by atoms with Crippen molar-refractivity contribution in [2.24, 2.45) is 0 Å². The predicted octanol–water partition coefficient (Wildman–Crippen LogP) is 3.93. The molecule has 26 heavy (non-hydrogen) atoms. The first-order valence-electron chi connectivity index (χ1n) is 8.05. The van der Waals surface area contributed by atoms with Gasteiger partial charge in [0.2, 0.25) is 11.9 Å². The van der Waals surface area contributed by atoms with E-state index in [0.717, 1.165) is 5.69 Å². The molecule has 132 valence electrons. The Bertz CT molecular complexity index is 898. The Morgan fingerprint density at radius 3 is 2.50 bits per heavy atom. The highest BCUT2D eigenvalue weighted by atomic mass is 19.1. The monoisotopic (exact) mass is 351 g/mol. The summed E-state index contributed by atoms with van der Waals surface area (Å²) in [6.45, 7) is 1.79. The molecule has 1 amide bonds. The van der Waals surface area contributed by atoms with Gasteiger partial charge in [0.25, 0.3) is 0 Å². The maximum absolute atomic E-state index is 13.7. The smallest absolute Gasteiger partial charge is 0.229 e. The zero-order valence-electron chi connectivity index (χ0n) is 14.2. The number of carbonyl (C=O) groups is 1. The van der Waals surface area contributed by atoms with Crippen molar-refractivity contribution >= 4 is 29.0 Å². The Kier molecular flexibility index (Phi) is 5.38. The molecule has 1 heterocycles. The SMILES string of the molecule is CC(=O)Nc1ccc(Nc2nccc(NCc3ccccc3F)n2)cc1. The van der Waals surface area contributed by atoms with Gasteiger partial charge in [-0.05, 0) is 36.4 Å². The lowest BCUT2D eigenvalue weighted by Gasteiger charge is -2.09. The van der Waals surface area contributed by atoms with Gasteiger partial charge < -0.3 is 16.0 Å². The molecule has 2 aromatic carbocycles. The Labute approximate surface area is 150 Å². The minimum absolute atomic E-state index is 0.123. The average Bonchev–Trinajstić information content (AvgIpc) is 2.63. The van der Waals surface area contributed by atoms with Crippen LogP contribution < -0.4 is 16.0 Å². The maximum Gasteiger partial charge on any atom is 0.229 e. The zero-order chi connectivity index (χ0) is 18.4. The molecule has 0 unspecified atom stereocenters. The number of amides is 1. The number of rotatable bonds is 6. The number of hydrogen-bond acceptors (Lipinski definition) is 5. The van der Waals surface area contributed by atoms with Crippen molar-refractivity contribution in [1.82, 2.24) is 9.97 Å². The standard InChI is InChI=1S/C19H18FN5O/c1-13(26)23-15-6-8-16(9-7-15)24-19-21-11-10-18(25-19)22-12-14-4-2-3-5-17(14)20/h2-11H,12H2,1H3,(H,23,26)(H2,21,22,24,25). The summed E-state index contributed by atoms with van der Waals surface area (Å²) in [4.78, 5) is 19.6. The van der Waals surface area contributed by atoms with Crippen LogP contribution in [0.25, 0.3) is 0 Å². The summed E-state index contributed by atoms with van der Waals surface area (Å²) in [5.74, 6) is 0.616. The van der Waals surface area contributed by atoms with Crippen molar-refractivity contribution in [3.63, 3.8) is 0 Å². The molecular weight excluding hydrogens is 333 g/mol. The van der Waals surface area contributed by atoms with Crippen LogP contribution in [0.2, 0.25) is 0 Å². The molecule has 0 aliphatic heterocycles. The highest BCUT2D eigenvalue weighted by molar-refractivity contribution is 5.88. The second-order valence-electron chi connectivity index (χ2n) is 5.59. The van der Waals surface area contributed by atoms with Crippen molar-refractivity contribution in [2.75, 3.05) is 16.0 Å². The molecule has 0 saturated heterocycles. The fraction of sp³-hybridized carbons (Fsp3) is 0.105. The van der Waals surface area contributed by atoms with Gasteiger partial charge in [0.15, 0.2) is 0 Å². The topological polar surface area (TPSA) is 78.9 Å². The number of hydrogen-bond donors (Lipinski definition) is 3. The van der Waals surface area contributed by atoms with Crippen LogP contribution in [0.5, 0.6) is 0 Å². The highest BCUT2D eigenvalue weighted by Gasteiger charge is 2.03. The van der Waals surface area contributed by atoms with Gasteiger partial charge in [0, 0.05) is 36.6 Å². The normalized spacial score (nSPS) is 10.2. The van der Waals surface area contributed by atoms with Gasteiger partial charge in [-0.2, -0.15) is 4.98 Å². The molecule has 0 aliphatic carbocycles. The number of nitrogens with zero attached hydrogens (tertiary/aromatic N) is 2. The first-order valence-corrected chi connectivity index (χ1v) is 8.05. The Morgan fingerprint density at radius 2 is 1.77 bits per heavy atom. The van der Waals surface area contributed by atoms with Gasteiger partial charge >= 0.3 is 0 Å². The van der Waals surface area contributed by atoms with E-state index < -0.39 is 0 Å². The lowest BCUT2D eigenvalue weighted by molar-refractivity contribution is -0.114. The van der Waals surface area contributed by atoms with Crippen LogP contribution in [0.1, 0.15) is 12.5 Å². The van der Waals surface area contributed by atoms with E-state index >= 15 is 0 Å². The molecule has 1 aromatic heterocycles. The lowest BCUT2D eigenvalue weighted by atomic mass is 10.2.